The van der Waals surface area contributed by atoms with Crippen molar-refractivity contribution >= 4 is 17.3 Å². The van der Waals surface area contributed by atoms with Crippen molar-refractivity contribution in [3.8, 4) is 11.5 Å². The Morgan fingerprint density at radius 2 is 1.85 bits per heavy atom. The molecule has 1 fully saturated rings. The molecule has 0 radical (unpaired) electrons. The van der Waals surface area contributed by atoms with Crippen molar-refractivity contribution in [1.29, 1.82) is 0 Å². The summed E-state index contributed by atoms with van der Waals surface area (Å²) in [6.45, 7) is 1.89. The molecule has 0 bridgehead atoms. The molecule has 1 heterocycles. The summed E-state index contributed by atoms with van der Waals surface area (Å²) >= 11 is 6.34. The van der Waals surface area contributed by atoms with Crippen LogP contribution in [0.4, 0.5) is 5.69 Å². The third-order valence-corrected chi connectivity index (χ3v) is 4.50. The SMILES string of the molecule is NCC1CCCCC1Nc1cc2c(cc1Cl)OCCO2. The van der Waals surface area contributed by atoms with Gasteiger partial charge in [0.1, 0.15) is 13.2 Å². The molecule has 0 saturated heterocycles. The Kier molecular flexibility index (Phi) is 4.22. The van der Waals surface area contributed by atoms with Gasteiger partial charge in [-0.05, 0) is 25.3 Å². The van der Waals surface area contributed by atoms with Crippen LogP contribution in [0.5, 0.6) is 11.5 Å². The summed E-state index contributed by atoms with van der Waals surface area (Å²) in [6, 6.07) is 4.17. The van der Waals surface area contributed by atoms with Crippen molar-refractivity contribution < 1.29 is 9.47 Å². The van der Waals surface area contributed by atoms with E-state index in [1.54, 1.807) is 0 Å². The van der Waals surface area contributed by atoms with E-state index < -0.39 is 0 Å². The molecule has 3 N–H and O–H groups in total. The Balaban J connectivity index is 1.79. The smallest absolute Gasteiger partial charge is 0.163 e. The van der Waals surface area contributed by atoms with E-state index in [9.17, 15) is 0 Å². The first-order chi connectivity index (χ1) is 9.78. The summed E-state index contributed by atoms with van der Waals surface area (Å²) in [5.41, 5.74) is 6.80. The quantitative estimate of drug-likeness (QED) is 0.900. The maximum absolute atomic E-state index is 6.34. The van der Waals surface area contributed by atoms with E-state index in [0.717, 1.165) is 30.2 Å². The molecular formula is C15H21ClN2O2. The average Bonchev–Trinajstić information content (AvgIpc) is 2.48. The second-order valence-corrected chi connectivity index (χ2v) is 5.91. The van der Waals surface area contributed by atoms with Crippen LogP contribution in [0, 0.1) is 5.92 Å². The van der Waals surface area contributed by atoms with Gasteiger partial charge < -0.3 is 20.5 Å². The topological polar surface area (TPSA) is 56.5 Å². The van der Waals surface area contributed by atoms with Gasteiger partial charge in [0.05, 0.1) is 10.7 Å². The van der Waals surface area contributed by atoms with Gasteiger partial charge in [0.25, 0.3) is 0 Å². The summed E-state index contributed by atoms with van der Waals surface area (Å²) in [5.74, 6) is 2.02. The largest absolute Gasteiger partial charge is 0.486 e. The fourth-order valence-corrected chi connectivity index (χ4v) is 3.26. The molecule has 0 amide bonds. The Morgan fingerprint density at radius 1 is 1.15 bits per heavy atom. The third-order valence-electron chi connectivity index (χ3n) is 4.18. The maximum Gasteiger partial charge on any atom is 0.163 e. The third kappa shape index (κ3) is 2.81. The van der Waals surface area contributed by atoms with Gasteiger partial charge in [-0.1, -0.05) is 24.4 Å². The van der Waals surface area contributed by atoms with Gasteiger partial charge in [0.2, 0.25) is 0 Å². The van der Waals surface area contributed by atoms with Gasteiger partial charge in [-0.2, -0.15) is 0 Å². The van der Waals surface area contributed by atoms with Gasteiger partial charge in [-0.3, -0.25) is 0 Å². The number of halogens is 1. The van der Waals surface area contributed by atoms with Crippen molar-refractivity contribution in [1.82, 2.24) is 0 Å². The van der Waals surface area contributed by atoms with Crippen molar-refractivity contribution in [2.24, 2.45) is 11.7 Å². The molecule has 1 aromatic carbocycles. The van der Waals surface area contributed by atoms with Crippen LogP contribution in [-0.2, 0) is 0 Å². The fraction of sp³-hybridized carbons (Fsp3) is 0.600. The van der Waals surface area contributed by atoms with Gasteiger partial charge >= 0.3 is 0 Å². The number of hydrogen-bond donors (Lipinski definition) is 2. The number of nitrogens with one attached hydrogen (secondary N) is 1. The second kappa shape index (κ2) is 6.10. The number of nitrogens with two attached hydrogens (primary N) is 1. The van der Waals surface area contributed by atoms with E-state index in [-0.39, 0.29) is 0 Å². The molecule has 20 heavy (non-hydrogen) atoms. The van der Waals surface area contributed by atoms with Crippen LogP contribution < -0.4 is 20.5 Å². The molecule has 3 rings (SSSR count). The zero-order valence-corrected chi connectivity index (χ0v) is 12.3. The number of fused-ring (bicyclic) bond motifs is 1. The highest BCUT2D eigenvalue weighted by atomic mass is 35.5. The van der Waals surface area contributed by atoms with Gasteiger partial charge in [-0.25, -0.2) is 0 Å². The lowest BCUT2D eigenvalue weighted by Gasteiger charge is -2.32. The first-order valence-electron chi connectivity index (χ1n) is 7.33. The Hall–Kier alpha value is -1.13. The van der Waals surface area contributed by atoms with E-state index in [1.807, 2.05) is 12.1 Å². The van der Waals surface area contributed by atoms with Crippen LogP contribution in [0.25, 0.3) is 0 Å². The Labute approximate surface area is 124 Å². The minimum atomic E-state index is 0.397. The normalized spacial score (nSPS) is 25.3. The summed E-state index contributed by atoms with van der Waals surface area (Å²) in [7, 11) is 0. The zero-order chi connectivity index (χ0) is 13.9. The van der Waals surface area contributed by atoms with E-state index in [1.165, 1.54) is 19.3 Å². The predicted molar refractivity (Wildman–Crippen MR) is 80.9 cm³/mol. The molecule has 1 saturated carbocycles. The first kappa shape index (κ1) is 13.8. The number of anilines is 1. The van der Waals surface area contributed by atoms with Crippen LogP contribution in [-0.4, -0.2) is 25.8 Å². The van der Waals surface area contributed by atoms with Crippen molar-refractivity contribution in [2.75, 3.05) is 25.1 Å². The predicted octanol–water partition coefficient (Wildman–Crippen LogP) is 3.04. The van der Waals surface area contributed by atoms with Gasteiger partial charge in [0.15, 0.2) is 11.5 Å². The standard InChI is InChI=1S/C15H21ClN2O2/c16-11-7-14-15(20-6-5-19-14)8-13(11)18-12-4-2-1-3-10(12)9-17/h7-8,10,12,18H,1-6,9,17H2. The summed E-state index contributed by atoms with van der Waals surface area (Å²) < 4.78 is 11.1. The molecule has 2 unspecified atom stereocenters. The lowest BCUT2D eigenvalue weighted by molar-refractivity contribution is 0.171. The number of hydrogen-bond acceptors (Lipinski definition) is 4. The van der Waals surface area contributed by atoms with E-state index in [0.29, 0.717) is 30.2 Å². The van der Waals surface area contributed by atoms with Crippen molar-refractivity contribution in [2.45, 2.75) is 31.7 Å². The molecule has 0 spiro atoms. The highest BCUT2D eigenvalue weighted by molar-refractivity contribution is 6.33. The maximum atomic E-state index is 6.34. The molecule has 1 aromatic rings. The number of rotatable bonds is 3. The van der Waals surface area contributed by atoms with Crippen LogP contribution in [0.2, 0.25) is 5.02 Å². The fourth-order valence-electron chi connectivity index (χ4n) is 3.05. The van der Waals surface area contributed by atoms with Gasteiger partial charge in [0, 0.05) is 18.2 Å². The molecule has 2 aliphatic rings. The van der Waals surface area contributed by atoms with Crippen LogP contribution in [0.3, 0.4) is 0 Å². The minimum Gasteiger partial charge on any atom is -0.486 e. The monoisotopic (exact) mass is 296 g/mol. The van der Waals surface area contributed by atoms with Gasteiger partial charge in [-0.15, -0.1) is 0 Å². The average molecular weight is 297 g/mol. The van der Waals surface area contributed by atoms with Crippen molar-refractivity contribution in [3.05, 3.63) is 17.2 Å². The molecule has 110 valence electrons. The van der Waals surface area contributed by atoms with Crippen LogP contribution in [0.1, 0.15) is 25.7 Å². The summed E-state index contributed by atoms with van der Waals surface area (Å²) in [4.78, 5) is 0. The van der Waals surface area contributed by atoms with E-state index >= 15 is 0 Å². The highest BCUT2D eigenvalue weighted by Crippen LogP contribution is 2.39. The Bertz CT molecular complexity index is 481. The molecular weight excluding hydrogens is 276 g/mol. The summed E-state index contributed by atoms with van der Waals surface area (Å²) in [5, 5.41) is 4.23. The summed E-state index contributed by atoms with van der Waals surface area (Å²) in [6.07, 6.45) is 4.86. The molecule has 2 atom stereocenters. The lowest BCUT2D eigenvalue weighted by Crippen LogP contribution is -2.36. The van der Waals surface area contributed by atoms with E-state index in [2.05, 4.69) is 5.32 Å². The minimum absolute atomic E-state index is 0.397. The van der Waals surface area contributed by atoms with Crippen molar-refractivity contribution in [3.63, 3.8) is 0 Å². The number of benzene rings is 1. The first-order valence-corrected chi connectivity index (χ1v) is 7.71. The molecule has 1 aliphatic carbocycles. The van der Waals surface area contributed by atoms with E-state index in [4.69, 9.17) is 26.8 Å². The molecule has 0 aromatic heterocycles. The molecule has 5 heteroatoms. The zero-order valence-electron chi connectivity index (χ0n) is 11.5. The second-order valence-electron chi connectivity index (χ2n) is 5.51. The molecule has 1 aliphatic heterocycles. The molecule has 4 nitrogen and oxygen atoms in total. The Morgan fingerprint density at radius 3 is 2.60 bits per heavy atom. The highest BCUT2D eigenvalue weighted by Gasteiger charge is 2.25. The lowest BCUT2D eigenvalue weighted by atomic mass is 9.84. The van der Waals surface area contributed by atoms with Crippen LogP contribution >= 0.6 is 11.6 Å². The number of ether oxygens (including phenoxy) is 2. The van der Waals surface area contributed by atoms with Crippen LogP contribution in [0.15, 0.2) is 12.1 Å².